The molecule has 3 N–H and O–H groups in total. The van der Waals surface area contributed by atoms with E-state index in [0.29, 0.717) is 12.0 Å². The van der Waals surface area contributed by atoms with Gasteiger partial charge >= 0.3 is 11.9 Å². The number of aliphatic hydroxyl groups is 3. The second-order valence-corrected chi connectivity index (χ2v) is 12.4. The van der Waals surface area contributed by atoms with Crippen LogP contribution in [0.25, 0.3) is 0 Å². The van der Waals surface area contributed by atoms with Crippen molar-refractivity contribution in [3.63, 3.8) is 0 Å². The molecule has 1 saturated heterocycles. The number of carbonyl (C=O) groups excluding carboxylic acids is 1. The Kier molecular flexibility index (Phi) is 6.18. The number of hydrogen-bond donors (Lipinski definition) is 3. The van der Waals surface area contributed by atoms with E-state index in [0.717, 1.165) is 0 Å². The maximum atomic E-state index is 12.1. The Morgan fingerprint density at radius 2 is 1.92 bits per heavy atom. The summed E-state index contributed by atoms with van der Waals surface area (Å²) in [6.45, 7) is 6.37. The molecule has 0 aliphatic carbocycles. The van der Waals surface area contributed by atoms with Crippen LogP contribution in [0.2, 0.25) is 19.6 Å². The monoisotopic (exact) mass is 366 g/mol. The molecule has 0 bridgehead atoms. The lowest BCUT2D eigenvalue weighted by molar-refractivity contribution is -0.409. The highest BCUT2D eigenvalue weighted by Gasteiger charge is 2.46. The number of benzene rings is 1. The first kappa shape index (κ1) is 19.8. The molecule has 1 aromatic rings. The molecule has 6 nitrogen and oxygen atoms in total. The van der Waals surface area contributed by atoms with Crippen LogP contribution in [0.15, 0.2) is 42.1 Å². The quantitative estimate of drug-likeness (QED) is 0.418. The van der Waals surface area contributed by atoms with Gasteiger partial charge in [0.25, 0.3) is 0 Å². The van der Waals surface area contributed by atoms with Gasteiger partial charge in [-0.05, 0) is 25.0 Å². The molecule has 1 aliphatic heterocycles. The molecule has 0 spiro atoms. The van der Waals surface area contributed by atoms with Crippen molar-refractivity contribution in [3.05, 3.63) is 47.7 Å². The Labute approximate surface area is 148 Å². The Balaban J connectivity index is 1.98. The Hall–Kier alpha value is -1.51. The van der Waals surface area contributed by atoms with Gasteiger partial charge in [-0.25, -0.2) is 4.79 Å². The van der Waals surface area contributed by atoms with E-state index >= 15 is 0 Å². The minimum absolute atomic E-state index is 0.175. The minimum atomic E-state index is -2.64. The van der Waals surface area contributed by atoms with Crippen LogP contribution in [0.1, 0.15) is 23.2 Å². The molecular weight excluding hydrogens is 340 g/mol. The molecule has 138 valence electrons. The third-order valence-corrected chi connectivity index (χ3v) is 5.08. The van der Waals surface area contributed by atoms with Crippen molar-refractivity contribution >= 4 is 14.0 Å². The molecule has 7 heteroatoms. The first-order chi connectivity index (χ1) is 11.6. The maximum Gasteiger partial charge on any atom is 0.338 e. The summed E-state index contributed by atoms with van der Waals surface area (Å²) >= 11 is 0. The van der Waals surface area contributed by atoms with Crippen LogP contribution in [0.4, 0.5) is 0 Å². The van der Waals surface area contributed by atoms with Crippen LogP contribution in [-0.4, -0.2) is 53.6 Å². The van der Waals surface area contributed by atoms with Gasteiger partial charge < -0.3 is 24.8 Å². The third-order valence-electron chi connectivity index (χ3n) is 3.89. The number of rotatable bonds is 5. The van der Waals surface area contributed by atoms with Crippen molar-refractivity contribution in [2.75, 3.05) is 0 Å². The van der Waals surface area contributed by atoms with Crippen molar-refractivity contribution in [1.29, 1.82) is 0 Å². The first-order valence-corrected chi connectivity index (χ1v) is 11.9. The molecule has 1 aliphatic rings. The minimum Gasteiger partial charge on any atom is -0.450 e. The Morgan fingerprint density at radius 3 is 2.48 bits per heavy atom. The number of ether oxygens (including phenoxy) is 2. The van der Waals surface area contributed by atoms with Gasteiger partial charge in [-0.1, -0.05) is 49.6 Å². The van der Waals surface area contributed by atoms with Crippen LogP contribution in [-0.2, 0) is 9.47 Å². The molecule has 0 aromatic heterocycles. The average Bonchev–Trinajstić information content (AvgIpc) is 2.54. The SMILES string of the molecule is C[Si](C)(C)/C=C/[C@H](O)C1CCC(OC(=O)c2ccccc2)C(O)(O)O1. The predicted octanol–water partition coefficient (Wildman–Crippen LogP) is 1.82. The molecular formula is C18H26O6Si. The lowest BCUT2D eigenvalue weighted by Gasteiger charge is -2.39. The largest absolute Gasteiger partial charge is 0.450 e. The fourth-order valence-electron chi connectivity index (χ4n) is 2.52. The zero-order chi connectivity index (χ0) is 18.7. The van der Waals surface area contributed by atoms with Crippen LogP contribution in [0.5, 0.6) is 0 Å². The van der Waals surface area contributed by atoms with E-state index < -0.39 is 38.3 Å². The normalized spacial score (nSPS) is 24.9. The van der Waals surface area contributed by atoms with Crippen molar-refractivity contribution in [1.82, 2.24) is 0 Å². The fourth-order valence-corrected chi connectivity index (χ4v) is 3.29. The summed E-state index contributed by atoms with van der Waals surface area (Å²) < 4.78 is 10.4. The average molecular weight is 366 g/mol. The van der Waals surface area contributed by atoms with Crippen molar-refractivity contribution in [2.24, 2.45) is 0 Å². The van der Waals surface area contributed by atoms with E-state index in [1.54, 1.807) is 36.4 Å². The number of carbonyl (C=O) groups is 1. The summed E-state index contributed by atoms with van der Waals surface area (Å²) in [5.41, 5.74) is 2.29. The second kappa shape index (κ2) is 7.80. The molecule has 0 amide bonds. The Bertz CT molecular complexity index is 608. The zero-order valence-electron chi connectivity index (χ0n) is 14.8. The van der Waals surface area contributed by atoms with Gasteiger partial charge in [-0.15, -0.1) is 0 Å². The number of hydrogen-bond acceptors (Lipinski definition) is 6. The lowest BCUT2D eigenvalue weighted by Crippen LogP contribution is -2.55. The standard InChI is InChI=1S/C18H26O6Si/c1-25(2,3)12-11-14(19)15-9-10-16(18(21,22)24-15)23-17(20)13-7-5-4-6-8-13/h4-8,11-12,14-16,19,21-22H,9-10H2,1-3H3/b12-11+/t14-,15?,16?/m0/s1. The number of esters is 1. The topological polar surface area (TPSA) is 96.2 Å². The van der Waals surface area contributed by atoms with Gasteiger partial charge in [-0.3, -0.25) is 0 Å². The summed E-state index contributed by atoms with van der Waals surface area (Å²) in [5, 5.41) is 30.4. The van der Waals surface area contributed by atoms with Crippen molar-refractivity contribution in [2.45, 2.75) is 56.8 Å². The summed E-state index contributed by atoms with van der Waals surface area (Å²) in [7, 11) is -1.48. The molecule has 2 rings (SSSR count). The predicted molar refractivity (Wildman–Crippen MR) is 95.4 cm³/mol. The van der Waals surface area contributed by atoms with E-state index in [4.69, 9.17) is 9.47 Å². The van der Waals surface area contributed by atoms with Crippen LogP contribution >= 0.6 is 0 Å². The first-order valence-electron chi connectivity index (χ1n) is 8.34. The summed E-state index contributed by atoms with van der Waals surface area (Å²) in [4.78, 5) is 12.1. The van der Waals surface area contributed by atoms with Crippen LogP contribution in [0, 0.1) is 0 Å². The summed E-state index contributed by atoms with van der Waals surface area (Å²) in [6.07, 6.45) is -0.778. The van der Waals surface area contributed by atoms with Gasteiger partial charge in [0, 0.05) is 0 Å². The molecule has 1 aromatic carbocycles. The highest BCUT2D eigenvalue weighted by Crippen LogP contribution is 2.30. The Morgan fingerprint density at radius 1 is 1.28 bits per heavy atom. The maximum absolute atomic E-state index is 12.1. The van der Waals surface area contributed by atoms with E-state index in [9.17, 15) is 20.1 Å². The molecule has 1 heterocycles. The molecule has 2 unspecified atom stereocenters. The highest BCUT2D eigenvalue weighted by atomic mass is 28.3. The third kappa shape index (κ3) is 5.76. The van der Waals surface area contributed by atoms with Gasteiger partial charge in [-0.2, -0.15) is 0 Å². The van der Waals surface area contributed by atoms with E-state index in [-0.39, 0.29) is 6.42 Å². The summed E-state index contributed by atoms with van der Waals surface area (Å²) in [5.74, 6) is -3.29. The van der Waals surface area contributed by atoms with Gasteiger partial charge in [0.05, 0.1) is 25.8 Å². The molecule has 1 fully saturated rings. The van der Waals surface area contributed by atoms with Crippen LogP contribution in [0.3, 0.4) is 0 Å². The van der Waals surface area contributed by atoms with Gasteiger partial charge in [0.1, 0.15) is 0 Å². The molecule has 25 heavy (non-hydrogen) atoms. The van der Waals surface area contributed by atoms with Gasteiger partial charge in [0.15, 0.2) is 6.10 Å². The van der Waals surface area contributed by atoms with Gasteiger partial charge in [0.2, 0.25) is 0 Å². The number of aliphatic hydroxyl groups excluding tert-OH is 1. The molecule has 0 saturated carbocycles. The van der Waals surface area contributed by atoms with E-state index in [2.05, 4.69) is 19.6 Å². The molecule has 0 radical (unpaired) electrons. The smallest absolute Gasteiger partial charge is 0.338 e. The van der Waals surface area contributed by atoms with E-state index in [1.807, 2.05) is 5.70 Å². The van der Waals surface area contributed by atoms with Crippen molar-refractivity contribution < 1.29 is 29.6 Å². The fraction of sp³-hybridized carbons (Fsp3) is 0.500. The van der Waals surface area contributed by atoms with E-state index in [1.165, 1.54) is 0 Å². The second-order valence-electron chi connectivity index (χ2n) is 7.37. The lowest BCUT2D eigenvalue weighted by atomic mass is 10.00. The highest BCUT2D eigenvalue weighted by molar-refractivity contribution is 6.80. The van der Waals surface area contributed by atoms with Crippen molar-refractivity contribution in [3.8, 4) is 0 Å². The molecule has 3 atom stereocenters. The van der Waals surface area contributed by atoms with Crippen LogP contribution < -0.4 is 0 Å². The summed E-state index contributed by atoms with van der Waals surface area (Å²) in [6, 6.07) is 8.31. The zero-order valence-corrected chi connectivity index (χ0v) is 15.8.